The Bertz CT molecular complexity index is 1130. The second-order valence-electron chi connectivity index (χ2n) is 8.11. The first kappa shape index (κ1) is 19.8. The topological polar surface area (TPSA) is 84.7 Å². The van der Waals surface area contributed by atoms with E-state index in [-0.39, 0.29) is 5.91 Å². The molecule has 0 saturated heterocycles. The van der Waals surface area contributed by atoms with E-state index >= 15 is 0 Å². The molecule has 0 spiro atoms. The van der Waals surface area contributed by atoms with Crippen LogP contribution in [0.25, 0.3) is 0 Å². The Morgan fingerprint density at radius 2 is 1.83 bits per heavy atom. The molecule has 0 saturated carbocycles. The Morgan fingerprint density at radius 3 is 2.50 bits per heavy atom. The lowest BCUT2D eigenvalue weighted by Gasteiger charge is -2.28. The fraction of sp³-hybridized carbons (Fsp3) is 0.304. The molecule has 1 atom stereocenters. The highest BCUT2D eigenvalue weighted by Crippen LogP contribution is 2.35. The van der Waals surface area contributed by atoms with Crippen molar-refractivity contribution in [3.63, 3.8) is 0 Å². The second kappa shape index (κ2) is 7.74. The van der Waals surface area contributed by atoms with Crippen molar-refractivity contribution in [2.75, 3.05) is 10.6 Å². The number of aromatic nitrogens is 4. The third-order valence-corrected chi connectivity index (χ3v) is 5.51. The van der Waals surface area contributed by atoms with Crippen LogP contribution >= 0.6 is 0 Å². The number of fused-ring (bicyclic) bond motifs is 1. The van der Waals surface area contributed by atoms with E-state index in [1.165, 1.54) is 5.56 Å². The molecule has 0 fully saturated rings. The van der Waals surface area contributed by atoms with Gasteiger partial charge in [0.15, 0.2) is 0 Å². The summed E-state index contributed by atoms with van der Waals surface area (Å²) in [6.07, 6.45) is 0. The van der Waals surface area contributed by atoms with Crippen LogP contribution in [0, 0.1) is 13.8 Å². The minimum Gasteiger partial charge on any atom is -0.326 e. The number of rotatable bonds is 4. The summed E-state index contributed by atoms with van der Waals surface area (Å²) in [6.45, 7) is 10.2. The lowest BCUT2D eigenvalue weighted by molar-refractivity contribution is -0.113. The van der Waals surface area contributed by atoms with Gasteiger partial charge >= 0.3 is 0 Å². The molecular formula is C23H26N6O. The number of nitrogens with one attached hydrogen (secondary N) is 2. The van der Waals surface area contributed by atoms with Gasteiger partial charge in [0.25, 0.3) is 5.91 Å². The van der Waals surface area contributed by atoms with Crippen molar-refractivity contribution in [1.82, 2.24) is 20.2 Å². The summed E-state index contributed by atoms with van der Waals surface area (Å²) in [4.78, 5) is 13.4. The number of hydrogen-bond acceptors (Lipinski definition) is 5. The molecule has 4 rings (SSSR count). The largest absolute Gasteiger partial charge is 0.326 e. The van der Waals surface area contributed by atoms with E-state index in [0.717, 1.165) is 28.1 Å². The zero-order chi connectivity index (χ0) is 21.4. The maximum atomic E-state index is 13.4. The number of benzene rings is 2. The number of amides is 1. The summed E-state index contributed by atoms with van der Waals surface area (Å²) in [5.41, 5.74) is 6.49. The van der Waals surface area contributed by atoms with Crippen molar-refractivity contribution in [2.24, 2.45) is 0 Å². The first-order chi connectivity index (χ1) is 14.3. The Morgan fingerprint density at radius 1 is 1.10 bits per heavy atom. The molecule has 7 nitrogen and oxygen atoms in total. The van der Waals surface area contributed by atoms with E-state index in [1.807, 2.05) is 32.9 Å². The van der Waals surface area contributed by atoms with E-state index in [9.17, 15) is 4.79 Å². The predicted octanol–water partition coefficient (Wildman–Crippen LogP) is 4.34. The van der Waals surface area contributed by atoms with Gasteiger partial charge in [0.05, 0.1) is 5.57 Å². The summed E-state index contributed by atoms with van der Waals surface area (Å²) < 4.78 is 1.66. The summed E-state index contributed by atoms with van der Waals surface area (Å²) >= 11 is 0. The van der Waals surface area contributed by atoms with Gasteiger partial charge in [-0.25, -0.2) is 0 Å². The Balaban J connectivity index is 1.74. The molecule has 154 valence electrons. The number of carbonyl (C=O) groups excluding carboxylic acids is 1. The molecule has 1 amide bonds. The van der Waals surface area contributed by atoms with Crippen LogP contribution in [0.2, 0.25) is 0 Å². The minimum atomic E-state index is -0.414. The van der Waals surface area contributed by atoms with Crippen molar-refractivity contribution in [3.8, 4) is 0 Å². The van der Waals surface area contributed by atoms with Crippen molar-refractivity contribution in [2.45, 2.75) is 46.6 Å². The Labute approximate surface area is 176 Å². The average Bonchev–Trinajstić information content (AvgIpc) is 3.17. The van der Waals surface area contributed by atoms with Crippen molar-refractivity contribution >= 4 is 17.5 Å². The van der Waals surface area contributed by atoms with Gasteiger partial charge in [0, 0.05) is 11.4 Å². The van der Waals surface area contributed by atoms with Crippen LogP contribution in [0.4, 0.5) is 11.6 Å². The van der Waals surface area contributed by atoms with Crippen LogP contribution in [-0.2, 0) is 4.79 Å². The molecule has 1 aliphatic rings. The van der Waals surface area contributed by atoms with Crippen LogP contribution in [0.3, 0.4) is 0 Å². The molecule has 0 aliphatic carbocycles. The molecule has 7 heteroatoms. The molecule has 0 bridgehead atoms. The standard InChI is InChI=1S/C23H26N6O/c1-13(2)17-7-9-18(10-8-17)21-20(16(5)24-23-26-27-28-29(21)23)22(30)25-19-11-6-14(3)12-15(19)4/h6-13,21H,1-5H3,(H,25,30)(H,24,26,28)/t21-/m1/s1. The number of carbonyl (C=O) groups is 1. The number of nitrogens with zero attached hydrogens (tertiary/aromatic N) is 4. The van der Waals surface area contributed by atoms with E-state index in [2.05, 4.69) is 70.3 Å². The molecule has 2 heterocycles. The third kappa shape index (κ3) is 3.58. The van der Waals surface area contributed by atoms with E-state index in [0.29, 0.717) is 17.4 Å². The maximum absolute atomic E-state index is 13.4. The molecular weight excluding hydrogens is 376 g/mol. The van der Waals surface area contributed by atoms with Crippen LogP contribution in [0.5, 0.6) is 0 Å². The molecule has 0 unspecified atom stereocenters. The van der Waals surface area contributed by atoms with Crippen LogP contribution < -0.4 is 10.6 Å². The highest BCUT2D eigenvalue weighted by atomic mass is 16.1. The SMILES string of the molecule is CC1=C(C(=O)Nc2ccc(C)cc2C)[C@@H](c2ccc(C(C)C)cc2)n2nnnc2N1. The first-order valence-electron chi connectivity index (χ1n) is 10.1. The van der Waals surface area contributed by atoms with Crippen molar-refractivity contribution < 1.29 is 4.79 Å². The van der Waals surface area contributed by atoms with Gasteiger partial charge in [-0.1, -0.05) is 60.9 Å². The quantitative estimate of drug-likeness (QED) is 0.678. The number of aryl methyl sites for hydroxylation is 2. The van der Waals surface area contributed by atoms with Gasteiger partial charge in [0.1, 0.15) is 6.04 Å². The van der Waals surface area contributed by atoms with Gasteiger partial charge < -0.3 is 10.6 Å². The van der Waals surface area contributed by atoms with Crippen LogP contribution in [-0.4, -0.2) is 26.1 Å². The maximum Gasteiger partial charge on any atom is 0.255 e. The molecule has 3 aromatic rings. The summed E-state index contributed by atoms with van der Waals surface area (Å²) in [7, 11) is 0. The molecule has 2 N–H and O–H groups in total. The molecule has 1 aliphatic heterocycles. The van der Waals surface area contributed by atoms with Crippen molar-refractivity contribution in [3.05, 3.63) is 76.0 Å². The third-order valence-electron chi connectivity index (χ3n) is 5.51. The summed E-state index contributed by atoms with van der Waals surface area (Å²) in [5.74, 6) is 0.778. The molecule has 30 heavy (non-hydrogen) atoms. The molecule has 1 aromatic heterocycles. The Hall–Kier alpha value is -3.48. The second-order valence-corrected chi connectivity index (χ2v) is 8.11. The fourth-order valence-corrected chi connectivity index (χ4v) is 3.82. The van der Waals surface area contributed by atoms with E-state index < -0.39 is 6.04 Å². The number of allylic oxidation sites excluding steroid dienone is 1. The van der Waals surface area contributed by atoms with E-state index in [4.69, 9.17) is 0 Å². The Kier molecular flexibility index (Phi) is 5.11. The van der Waals surface area contributed by atoms with Gasteiger partial charge in [0.2, 0.25) is 5.95 Å². The number of hydrogen-bond donors (Lipinski definition) is 2. The number of anilines is 2. The molecule has 2 aromatic carbocycles. The van der Waals surface area contributed by atoms with Gasteiger partial charge in [-0.15, -0.1) is 0 Å². The predicted molar refractivity (Wildman–Crippen MR) is 117 cm³/mol. The highest BCUT2D eigenvalue weighted by Gasteiger charge is 2.34. The lowest BCUT2D eigenvalue weighted by Crippen LogP contribution is -2.31. The monoisotopic (exact) mass is 402 g/mol. The lowest BCUT2D eigenvalue weighted by atomic mass is 9.92. The van der Waals surface area contributed by atoms with Crippen molar-refractivity contribution in [1.29, 1.82) is 0 Å². The smallest absolute Gasteiger partial charge is 0.255 e. The van der Waals surface area contributed by atoms with Gasteiger partial charge in [-0.05, 0) is 59.9 Å². The zero-order valence-electron chi connectivity index (χ0n) is 17.9. The van der Waals surface area contributed by atoms with E-state index in [1.54, 1.807) is 4.68 Å². The first-order valence-corrected chi connectivity index (χ1v) is 10.1. The highest BCUT2D eigenvalue weighted by molar-refractivity contribution is 6.06. The normalized spacial score (nSPS) is 15.7. The number of tetrazole rings is 1. The fourth-order valence-electron chi connectivity index (χ4n) is 3.82. The summed E-state index contributed by atoms with van der Waals surface area (Å²) in [6, 6.07) is 13.9. The zero-order valence-corrected chi connectivity index (χ0v) is 17.9. The average molecular weight is 403 g/mol. The van der Waals surface area contributed by atoms with Gasteiger partial charge in [-0.2, -0.15) is 4.68 Å². The van der Waals surface area contributed by atoms with Gasteiger partial charge in [-0.3, -0.25) is 4.79 Å². The van der Waals surface area contributed by atoms with Crippen LogP contribution in [0.1, 0.15) is 55.0 Å². The van der Waals surface area contributed by atoms with Crippen LogP contribution in [0.15, 0.2) is 53.7 Å². The molecule has 0 radical (unpaired) electrons. The summed E-state index contributed by atoms with van der Waals surface area (Å²) in [5, 5.41) is 18.2. The minimum absolute atomic E-state index is 0.175.